The molecular weight excluding hydrogens is 294 g/mol. The maximum atomic E-state index is 11.3. The van der Waals surface area contributed by atoms with Crippen molar-refractivity contribution in [3.05, 3.63) is 41.5 Å². The van der Waals surface area contributed by atoms with E-state index < -0.39 is 0 Å². The minimum atomic E-state index is 0. The number of anilines is 1. The first-order valence-electron chi connectivity index (χ1n) is 6.15. The van der Waals surface area contributed by atoms with Gasteiger partial charge >= 0.3 is 0 Å². The van der Waals surface area contributed by atoms with E-state index in [1.807, 2.05) is 34.3 Å². The van der Waals surface area contributed by atoms with Gasteiger partial charge in [-0.3, -0.25) is 9.20 Å². The molecule has 6 heteroatoms. The number of fused-ring (bicyclic) bond motifs is 2. The number of carbonyl (C=O) groups is 1. The molecule has 3 heterocycles. The largest absolute Gasteiger partial charge is 0.326 e. The highest BCUT2D eigenvalue weighted by atomic mass is 35.5. The zero-order valence-corrected chi connectivity index (χ0v) is 12.1. The van der Waals surface area contributed by atoms with Crippen molar-refractivity contribution in [1.82, 2.24) is 9.38 Å². The third-order valence-corrected chi connectivity index (χ3v) is 4.16. The Balaban J connectivity index is 0.00000121. The number of rotatable bonds is 1. The van der Waals surface area contributed by atoms with Gasteiger partial charge in [0.05, 0.1) is 5.69 Å². The van der Waals surface area contributed by atoms with Crippen molar-refractivity contribution in [2.45, 2.75) is 12.8 Å². The van der Waals surface area contributed by atoms with Gasteiger partial charge < -0.3 is 5.32 Å². The lowest BCUT2D eigenvalue weighted by molar-refractivity contribution is -0.116. The lowest BCUT2D eigenvalue weighted by atomic mass is 9.99. The highest BCUT2D eigenvalue weighted by molar-refractivity contribution is 7.15. The molecule has 4 nitrogen and oxygen atoms in total. The van der Waals surface area contributed by atoms with Crippen LogP contribution in [0.1, 0.15) is 12.0 Å². The first-order chi connectivity index (χ1) is 9.29. The molecule has 0 saturated heterocycles. The first-order valence-corrected chi connectivity index (χ1v) is 7.03. The molecule has 1 aromatic carbocycles. The predicted molar refractivity (Wildman–Crippen MR) is 82.7 cm³/mol. The third-order valence-electron chi connectivity index (χ3n) is 3.39. The second kappa shape index (κ2) is 4.92. The van der Waals surface area contributed by atoms with Crippen LogP contribution in [0.4, 0.5) is 5.69 Å². The Bertz CT molecular complexity index is 764. The zero-order chi connectivity index (χ0) is 12.8. The Labute approximate surface area is 125 Å². The van der Waals surface area contributed by atoms with E-state index in [0.717, 1.165) is 28.3 Å². The monoisotopic (exact) mass is 305 g/mol. The number of nitrogens with one attached hydrogen (secondary N) is 1. The van der Waals surface area contributed by atoms with E-state index in [2.05, 4.69) is 16.4 Å². The highest BCUT2D eigenvalue weighted by Crippen LogP contribution is 2.29. The van der Waals surface area contributed by atoms with Crippen LogP contribution in [-0.2, 0) is 11.2 Å². The minimum absolute atomic E-state index is 0. The summed E-state index contributed by atoms with van der Waals surface area (Å²) in [5.74, 6) is 0.0998. The number of hydrogen-bond donors (Lipinski definition) is 1. The molecule has 0 fully saturated rings. The van der Waals surface area contributed by atoms with E-state index in [-0.39, 0.29) is 18.3 Å². The van der Waals surface area contributed by atoms with E-state index in [4.69, 9.17) is 0 Å². The van der Waals surface area contributed by atoms with Gasteiger partial charge in [-0.25, -0.2) is 4.98 Å². The molecule has 0 aliphatic carbocycles. The number of hydrogen-bond acceptors (Lipinski definition) is 3. The molecule has 0 saturated carbocycles. The van der Waals surface area contributed by atoms with Gasteiger partial charge in [-0.2, -0.15) is 0 Å². The maximum absolute atomic E-state index is 11.3. The van der Waals surface area contributed by atoms with Crippen LogP contribution in [0.2, 0.25) is 0 Å². The molecule has 2 aromatic heterocycles. The van der Waals surface area contributed by atoms with Crippen LogP contribution in [0.3, 0.4) is 0 Å². The van der Waals surface area contributed by atoms with Gasteiger partial charge in [-0.05, 0) is 24.1 Å². The van der Waals surface area contributed by atoms with Crippen LogP contribution in [-0.4, -0.2) is 15.3 Å². The lowest BCUT2D eigenvalue weighted by Crippen LogP contribution is -2.18. The average molecular weight is 306 g/mol. The van der Waals surface area contributed by atoms with Crippen molar-refractivity contribution in [2.24, 2.45) is 0 Å². The molecular formula is C14H12ClN3OS. The zero-order valence-electron chi connectivity index (χ0n) is 10.5. The molecule has 1 amide bonds. The predicted octanol–water partition coefficient (Wildman–Crippen LogP) is 3.37. The fourth-order valence-corrected chi connectivity index (χ4v) is 3.11. The van der Waals surface area contributed by atoms with Crippen LogP contribution in [0.5, 0.6) is 0 Å². The van der Waals surface area contributed by atoms with Crippen molar-refractivity contribution >= 4 is 40.3 Å². The molecule has 4 rings (SSSR count). The number of benzene rings is 1. The summed E-state index contributed by atoms with van der Waals surface area (Å²) < 4.78 is 2.03. The van der Waals surface area contributed by atoms with Crippen molar-refractivity contribution < 1.29 is 4.79 Å². The average Bonchev–Trinajstić information content (AvgIpc) is 2.98. The van der Waals surface area contributed by atoms with Crippen LogP contribution < -0.4 is 5.32 Å². The number of aromatic nitrogens is 2. The summed E-state index contributed by atoms with van der Waals surface area (Å²) in [6.07, 6.45) is 5.41. The van der Waals surface area contributed by atoms with Crippen molar-refractivity contribution in [2.75, 3.05) is 5.32 Å². The molecule has 1 N–H and O–H groups in total. The van der Waals surface area contributed by atoms with Crippen molar-refractivity contribution in [3.8, 4) is 11.3 Å². The molecule has 0 atom stereocenters. The summed E-state index contributed by atoms with van der Waals surface area (Å²) in [6.45, 7) is 0. The van der Waals surface area contributed by atoms with Crippen LogP contribution in [0, 0.1) is 0 Å². The summed E-state index contributed by atoms with van der Waals surface area (Å²) >= 11 is 1.63. The number of aryl methyl sites for hydroxylation is 1. The number of imidazole rings is 1. The molecule has 1 aliphatic heterocycles. The molecule has 0 radical (unpaired) electrons. The normalized spacial score (nSPS) is 13.7. The Hall–Kier alpha value is -1.85. The summed E-state index contributed by atoms with van der Waals surface area (Å²) in [7, 11) is 0. The first kappa shape index (κ1) is 13.1. The van der Waals surface area contributed by atoms with Gasteiger partial charge in [0.2, 0.25) is 5.91 Å². The van der Waals surface area contributed by atoms with Crippen LogP contribution >= 0.6 is 23.7 Å². The molecule has 0 unspecified atom stereocenters. The van der Waals surface area contributed by atoms with Gasteiger partial charge in [0, 0.05) is 35.4 Å². The molecule has 102 valence electrons. The molecule has 0 bridgehead atoms. The Morgan fingerprint density at radius 1 is 1.30 bits per heavy atom. The molecule has 1 aliphatic rings. The minimum Gasteiger partial charge on any atom is -0.326 e. The van der Waals surface area contributed by atoms with Crippen LogP contribution in [0.25, 0.3) is 16.2 Å². The standard InChI is InChI=1S/C14H11N3OS.ClH/c18-13-4-2-9-7-10(1-3-11(9)15-13)12-8-17-5-6-19-14(17)16-12;/h1,3,5-8H,2,4H2,(H,15,18);1H. The van der Waals surface area contributed by atoms with Crippen LogP contribution in [0.15, 0.2) is 36.0 Å². The highest BCUT2D eigenvalue weighted by Gasteiger charge is 2.15. The molecule has 0 spiro atoms. The van der Waals surface area contributed by atoms with E-state index >= 15 is 0 Å². The number of thiazole rings is 1. The second-order valence-electron chi connectivity index (χ2n) is 4.64. The summed E-state index contributed by atoms with van der Waals surface area (Å²) in [4.78, 5) is 16.9. The topological polar surface area (TPSA) is 46.4 Å². The smallest absolute Gasteiger partial charge is 0.224 e. The summed E-state index contributed by atoms with van der Waals surface area (Å²) in [6, 6.07) is 6.10. The van der Waals surface area contributed by atoms with Crippen molar-refractivity contribution in [1.29, 1.82) is 0 Å². The number of carbonyl (C=O) groups excluding carboxylic acids is 1. The third kappa shape index (κ3) is 2.09. The summed E-state index contributed by atoms with van der Waals surface area (Å²) in [5.41, 5.74) is 4.20. The Morgan fingerprint density at radius 3 is 3.05 bits per heavy atom. The van der Waals surface area contributed by atoms with E-state index in [0.29, 0.717) is 6.42 Å². The second-order valence-corrected chi connectivity index (χ2v) is 5.51. The SMILES string of the molecule is Cl.O=C1CCc2cc(-c3cn4ccsc4n3)ccc2N1. The Kier molecular flexibility index (Phi) is 3.23. The molecule has 20 heavy (non-hydrogen) atoms. The van der Waals surface area contributed by atoms with Gasteiger partial charge in [-0.1, -0.05) is 6.07 Å². The fraction of sp³-hybridized carbons (Fsp3) is 0.143. The van der Waals surface area contributed by atoms with Gasteiger partial charge in [0.25, 0.3) is 0 Å². The summed E-state index contributed by atoms with van der Waals surface area (Å²) in [5, 5.41) is 4.92. The van der Waals surface area contributed by atoms with E-state index in [9.17, 15) is 4.79 Å². The maximum Gasteiger partial charge on any atom is 0.224 e. The van der Waals surface area contributed by atoms with Crippen molar-refractivity contribution in [3.63, 3.8) is 0 Å². The molecule has 3 aromatic rings. The van der Waals surface area contributed by atoms with Gasteiger partial charge in [0.1, 0.15) is 0 Å². The number of halogens is 1. The van der Waals surface area contributed by atoms with Gasteiger partial charge in [0.15, 0.2) is 4.96 Å². The van der Waals surface area contributed by atoms with Gasteiger partial charge in [-0.15, -0.1) is 23.7 Å². The fourth-order valence-electron chi connectivity index (χ4n) is 2.41. The Morgan fingerprint density at radius 2 is 2.20 bits per heavy atom. The lowest BCUT2D eigenvalue weighted by Gasteiger charge is -2.17. The number of nitrogens with zero attached hydrogens (tertiary/aromatic N) is 2. The van der Waals surface area contributed by atoms with E-state index in [1.54, 1.807) is 11.3 Å². The number of amides is 1. The van der Waals surface area contributed by atoms with E-state index in [1.165, 1.54) is 5.56 Å². The quantitative estimate of drug-likeness (QED) is 0.749.